The largest absolute Gasteiger partial charge is 0.478 e. The van der Waals surface area contributed by atoms with Crippen LogP contribution >= 0.6 is 0 Å². The summed E-state index contributed by atoms with van der Waals surface area (Å²) in [6.45, 7) is 7.54. The van der Waals surface area contributed by atoms with Crippen molar-refractivity contribution < 1.29 is 14.8 Å². The highest BCUT2D eigenvalue weighted by molar-refractivity contribution is 5.90. The van der Waals surface area contributed by atoms with E-state index < -0.39 is 10.9 Å². The summed E-state index contributed by atoms with van der Waals surface area (Å²) in [5, 5.41) is 20.5. The number of fused-ring (bicyclic) bond motifs is 2. The second-order valence-corrected chi connectivity index (χ2v) is 8.11. The van der Waals surface area contributed by atoms with E-state index in [2.05, 4.69) is 25.7 Å². The molecule has 2 atom stereocenters. The van der Waals surface area contributed by atoms with Gasteiger partial charge in [-0.15, -0.1) is 0 Å². The fraction of sp³-hybridized carbons (Fsp3) is 0.588. The van der Waals surface area contributed by atoms with Crippen LogP contribution in [0.4, 0.5) is 11.4 Å². The Hall–Kier alpha value is -2.11. The molecule has 1 saturated heterocycles. The lowest BCUT2D eigenvalue weighted by molar-refractivity contribution is -0.384. The second-order valence-electron chi connectivity index (χ2n) is 8.11. The van der Waals surface area contributed by atoms with Gasteiger partial charge in [-0.2, -0.15) is 0 Å². The van der Waals surface area contributed by atoms with Crippen molar-refractivity contribution >= 4 is 17.3 Å². The lowest BCUT2D eigenvalue weighted by Crippen LogP contribution is -2.34. The molecule has 0 unspecified atom stereocenters. The molecule has 1 heterocycles. The van der Waals surface area contributed by atoms with E-state index in [9.17, 15) is 14.9 Å². The van der Waals surface area contributed by atoms with E-state index in [4.69, 9.17) is 5.11 Å². The molecular weight excluding hydrogens is 296 g/mol. The third kappa shape index (κ3) is 2.78. The highest BCUT2D eigenvalue weighted by Crippen LogP contribution is 2.54. The van der Waals surface area contributed by atoms with Gasteiger partial charge in [0.25, 0.3) is 5.69 Å². The first-order chi connectivity index (χ1) is 10.6. The molecule has 2 aliphatic rings. The minimum absolute atomic E-state index is 0.0471. The molecule has 124 valence electrons. The summed E-state index contributed by atoms with van der Waals surface area (Å²) in [5.41, 5.74) is 0.771. The molecule has 3 rings (SSSR count). The average molecular weight is 318 g/mol. The number of carboxylic acids is 1. The van der Waals surface area contributed by atoms with Crippen LogP contribution in [-0.2, 0) is 0 Å². The summed E-state index contributed by atoms with van der Waals surface area (Å²) in [7, 11) is 0. The molecule has 1 N–H and O–H groups in total. The van der Waals surface area contributed by atoms with Gasteiger partial charge in [0.05, 0.1) is 10.5 Å². The normalized spacial score (nSPS) is 28.7. The van der Waals surface area contributed by atoms with E-state index in [1.54, 1.807) is 6.07 Å². The highest BCUT2D eigenvalue weighted by Gasteiger charge is 2.50. The Morgan fingerprint density at radius 1 is 1.35 bits per heavy atom. The maximum atomic E-state index is 11.4. The minimum atomic E-state index is -1.15. The van der Waals surface area contributed by atoms with Gasteiger partial charge in [0.2, 0.25) is 0 Å². The van der Waals surface area contributed by atoms with Crippen molar-refractivity contribution in [3.8, 4) is 0 Å². The summed E-state index contributed by atoms with van der Waals surface area (Å²) in [6, 6.07) is 4.50. The Bertz CT molecular complexity index is 685. The molecule has 6 nitrogen and oxygen atoms in total. The van der Waals surface area contributed by atoms with Crippen LogP contribution in [0.5, 0.6) is 0 Å². The fourth-order valence-corrected chi connectivity index (χ4v) is 4.79. The van der Waals surface area contributed by atoms with E-state index >= 15 is 0 Å². The van der Waals surface area contributed by atoms with Crippen molar-refractivity contribution in [3.05, 3.63) is 33.9 Å². The predicted molar refractivity (Wildman–Crippen MR) is 86.9 cm³/mol. The van der Waals surface area contributed by atoms with Crippen molar-refractivity contribution in [2.24, 2.45) is 10.8 Å². The number of benzene rings is 1. The topological polar surface area (TPSA) is 83.7 Å². The number of nitro groups is 1. The van der Waals surface area contributed by atoms with Crippen LogP contribution in [0, 0.1) is 20.9 Å². The molecular formula is C17H22N2O4. The van der Waals surface area contributed by atoms with Gasteiger partial charge in [0.1, 0.15) is 5.69 Å². The summed E-state index contributed by atoms with van der Waals surface area (Å²) in [5.74, 6) is -1.15. The van der Waals surface area contributed by atoms with E-state index in [0.29, 0.717) is 5.69 Å². The first-order valence-corrected chi connectivity index (χ1v) is 7.89. The summed E-state index contributed by atoms with van der Waals surface area (Å²) >= 11 is 0. The standard InChI is InChI=1S/C17H22N2O4/c1-16(2)7-12-8-17(3,9-16)10-18(12)13-5-4-11(15(20)21)6-14(13)19(22)23/h4-6,12H,7-10H2,1-3H3,(H,20,21)/t12-,17+/m0/s1. The quantitative estimate of drug-likeness (QED) is 0.678. The van der Waals surface area contributed by atoms with Crippen molar-refractivity contribution in [3.63, 3.8) is 0 Å². The molecule has 2 bridgehead atoms. The van der Waals surface area contributed by atoms with Crippen molar-refractivity contribution in [2.45, 2.75) is 46.1 Å². The highest BCUT2D eigenvalue weighted by atomic mass is 16.6. The van der Waals surface area contributed by atoms with Crippen molar-refractivity contribution in [1.82, 2.24) is 0 Å². The molecule has 1 aromatic rings. The first kappa shape index (κ1) is 15.8. The molecule has 0 radical (unpaired) electrons. The van der Waals surface area contributed by atoms with Gasteiger partial charge in [-0.1, -0.05) is 20.8 Å². The SMILES string of the molecule is CC1(C)C[C@H]2C[C@@](C)(CN2c2ccc(C(=O)O)cc2[N+](=O)[O-])C1. The number of anilines is 1. The Kier molecular flexibility index (Phi) is 3.39. The molecule has 0 amide bonds. The zero-order chi connectivity index (χ0) is 17.0. The summed E-state index contributed by atoms with van der Waals surface area (Å²) < 4.78 is 0. The van der Waals surface area contributed by atoms with Crippen LogP contribution in [0.1, 0.15) is 50.4 Å². The maximum absolute atomic E-state index is 11.4. The van der Waals surface area contributed by atoms with Crippen molar-refractivity contribution in [1.29, 1.82) is 0 Å². The van der Waals surface area contributed by atoms with Crippen LogP contribution in [0.2, 0.25) is 0 Å². The Morgan fingerprint density at radius 2 is 2.04 bits per heavy atom. The van der Waals surface area contributed by atoms with Crippen LogP contribution < -0.4 is 4.90 Å². The van der Waals surface area contributed by atoms with Crippen LogP contribution in [0.15, 0.2) is 18.2 Å². The van der Waals surface area contributed by atoms with Gasteiger partial charge in [0.15, 0.2) is 0 Å². The zero-order valence-electron chi connectivity index (χ0n) is 13.7. The van der Waals surface area contributed by atoms with Crippen molar-refractivity contribution in [2.75, 3.05) is 11.4 Å². The van der Waals surface area contributed by atoms with Crippen LogP contribution in [0.3, 0.4) is 0 Å². The second kappa shape index (κ2) is 4.94. The van der Waals surface area contributed by atoms with Gasteiger partial charge < -0.3 is 10.0 Å². The molecule has 1 aliphatic carbocycles. The molecule has 23 heavy (non-hydrogen) atoms. The predicted octanol–water partition coefficient (Wildman–Crippen LogP) is 3.70. The average Bonchev–Trinajstić information content (AvgIpc) is 2.67. The van der Waals surface area contributed by atoms with Gasteiger partial charge in [-0.25, -0.2) is 4.79 Å². The summed E-state index contributed by atoms with van der Waals surface area (Å²) in [6.07, 6.45) is 3.14. The maximum Gasteiger partial charge on any atom is 0.335 e. The summed E-state index contributed by atoms with van der Waals surface area (Å²) in [4.78, 5) is 24.2. The lowest BCUT2D eigenvalue weighted by atomic mass is 9.65. The molecule has 1 saturated carbocycles. The Balaban J connectivity index is 2.02. The van der Waals surface area contributed by atoms with Gasteiger partial charge >= 0.3 is 5.97 Å². The van der Waals surface area contributed by atoms with Gasteiger partial charge in [0, 0.05) is 18.7 Å². The van der Waals surface area contributed by atoms with Gasteiger partial charge in [-0.05, 0) is 42.2 Å². The van der Waals surface area contributed by atoms with E-state index in [1.807, 2.05) is 0 Å². The Labute approximate surface area is 135 Å². The zero-order valence-corrected chi connectivity index (χ0v) is 13.7. The minimum Gasteiger partial charge on any atom is -0.478 e. The molecule has 0 spiro atoms. The number of aromatic carboxylic acids is 1. The fourth-order valence-electron chi connectivity index (χ4n) is 4.79. The lowest BCUT2D eigenvalue weighted by Gasteiger charge is -2.39. The van der Waals surface area contributed by atoms with Gasteiger partial charge in [-0.3, -0.25) is 10.1 Å². The monoisotopic (exact) mass is 318 g/mol. The third-order valence-electron chi connectivity index (χ3n) is 5.14. The molecule has 1 aromatic carbocycles. The third-order valence-corrected chi connectivity index (χ3v) is 5.14. The number of nitro benzene ring substituents is 1. The van der Waals surface area contributed by atoms with E-state index in [0.717, 1.165) is 25.8 Å². The van der Waals surface area contributed by atoms with E-state index in [1.165, 1.54) is 12.1 Å². The number of nitrogens with zero attached hydrogens (tertiary/aromatic N) is 2. The molecule has 1 aliphatic heterocycles. The van der Waals surface area contributed by atoms with Crippen LogP contribution in [0.25, 0.3) is 0 Å². The first-order valence-electron chi connectivity index (χ1n) is 7.89. The van der Waals surface area contributed by atoms with Crippen LogP contribution in [-0.4, -0.2) is 28.6 Å². The molecule has 6 heteroatoms. The number of rotatable bonds is 3. The number of carboxylic acid groups (broad SMARTS) is 1. The number of carbonyl (C=O) groups is 1. The molecule has 0 aromatic heterocycles. The van der Waals surface area contributed by atoms with E-state index in [-0.39, 0.29) is 28.1 Å². The molecule has 2 fully saturated rings. The Morgan fingerprint density at radius 3 is 2.65 bits per heavy atom. The number of hydrogen-bond donors (Lipinski definition) is 1. The smallest absolute Gasteiger partial charge is 0.335 e. The number of hydrogen-bond acceptors (Lipinski definition) is 4.